The largest absolute Gasteiger partial charge is 0.352 e. The van der Waals surface area contributed by atoms with Crippen molar-refractivity contribution in [2.45, 2.75) is 19.3 Å². The van der Waals surface area contributed by atoms with Crippen molar-refractivity contribution in [1.29, 1.82) is 0 Å². The van der Waals surface area contributed by atoms with Gasteiger partial charge in [-0.25, -0.2) is 0 Å². The highest BCUT2D eigenvalue weighted by atomic mass is 16.1. The van der Waals surface area contributed by atoms with Crippen LogP contribution in [0, 0.1) is 0 Å². The molecule has 3 rings (SSSR count). The van der Waals surface area contributed by atoms with Crippen LogP contribution in [0.5, 0.6) is 0 Å². The highest BCUT2D eigenvalue weighted by Crippen LogP contribution is 2.18. The van der Waals surface area contributed by atoms with E-state index >= 15 is 0 Å². The van der Waals surface area contributed by atoms with E-state index in [9.17, 15) is 4.79 Å². The van der Waals surface area contributed by atoms with Gasteiger partial charge < -0.3 is 5.32 Å². The molecule has 0 fully saturated rings. The SMILES string of the molecule is O=C(NCCCCc1ccccc1)c1cccc2ccccc12. The van der Waals surface area contributed by atoms with Crippen LogP contribution >= 0.6 is 0 Å². The molecule has 2 heteroatoms. The molecular formula is C21H21NO. The number of fused-ring (bicyclic) bond motifs is 1. The van der Waals surface area contributed by atoms with Crippen molar-refractivity contribution in [1.82, 2.24) is 5.32 Å². The molecule has 0 radical (unpaired) electrons. The Hall–Kier alpha value is -2.61. The minimum Gasteiger partial charge on any atom is -0.352 e. The second-order valence-electron chi connectivity index (χ2n) is 5.73. The van der Waals surface area contributed by atoms with Gasteiger partial charge in [0, 0.05) is 12.1 Å². The van der Waals surface area contributed by atoms with Crippen molar-refractivity contribution in [2.24, 2.45) is 0 Å². The van der Waals surface area contributed by atoms with E-state index in [1.807, 2.05) is 48.5 Å². The third kappa shape index (κ3) is 3.98. The summed E-state index contributed by atoms with van der Waals surface area (Å²) in [5.41, 5.74) is 2.11. The van der Waals surface area contributed by atoms with Gasteiger partial charge in [-0.1, -0.05) is 66.7 Å². The van der Waals surface area contributed by atoms with Gasteiger partial charge in [0.05, 0.1) is 0 Å². The van der Waals surface area contributed by atoms with E-state index in [2.05, 4.69) is 29.6 Å². The van der Waals surface area contributed by atoms with E-state index < -0.39 is 0 Å². The molecule has 1 N–H and O–H groups in total. The topological polar surface area (TPSA) is 29.1 Å². The molecule has 0 aliphatic heterocycles. The van der Waals surface area contributed by atoms with Crippen molar-refractivity contribution < 1.29 is 4.79 Å². The first kappa shape index (κ1) is 15.3. The molecule has 0 spiro atoms. The summed E-state index contributed by atoms with van der Waals surface area (Å²) in [4.78, 5) is 12.4. The second kappa shape index (κ2) is 7.59. The van der Waals surface area contributed by atoms with E-state index in [4.69, 9.17) is 0 Å². The van der Waals surface area contributed by atoms with Crippen LogP contribution in [0.15, 0.2) is 72.8 Å². The lowest BCUT2D eigenvalue weighted by Gasteiger charge is -2.08. The van der Waals surface area contributed by atoms with Gasteiger partial charge >= 0.3 is 0 Å². The number of aryl methyl sites for hydroxylation is 1. The van der Waals surface area contributed by atoms with Crippen LogP contribution < -0.4 is 5.32 Å². The molecule has 2 nitrogen and oxygen atoms in total. The number of carbonyl (C=O) groups excluding carboxylic acids is 1. The van der Waals surface area contributed by atoms with Crippen LogP contribution in [0.3, 0.4) is 0 Å². The zero-order valence-corrected chi connectivity index (χ0v) is 13.2. The van der Waals surface area contributed by atoms with E-state index in [0.717, 1.165) is 42.1 Å². The highest BCUT2D eigenvalue weighted by molar-refractivity contribution is 6.06. The minimum atomic E-state index is 0.0153. The van der Waals surface area contributed by atoms with Crippen molar-refractivity contribution in [3.05, 3.63) is 83.9 Å². The number of benzene rings is 3. The normalized spacial score (nSPS) is 10.6. The van der Waals surface area contributed by atoms with Crippen LogP contribution in [-0.2, 0) is 6.42 Å². The molecular weight excluding hydrogens is 282 g/mol. The standard InChI is InChI=1S/C21H21NO/c23-21(20-15-8-13-18-12-4-5-14-19(18)20)22-16-7-6-11-17-9-2-1-3-10-17/h1-5,8-10,12-15H,6-7,11,16H2,(H,22,23). The lowest BCUT2D eigenvalue weighted by atomic mass is 10.0. The van der Waals surface area contributed by atoms with Crippen molar-refractivity contribution in [3.63, 3.8) is 0 Å². The maximum atomic E-state index is 12.4. The average Bonchev–Trinajstić information content (AvgIpc) is 2.61. The Kier molecular flexibility index (Phi) is 5.05. The van der Waals surface area contributed by atoms with Crippen molar-refractivity contribution in [2.75, 3.05) is 6.54 Å². The summed E-state index contributed by atoms with van der Waals surface area (Å²) in [7, 11) is 0. The molecule has 0 aliphatic rings. The summed E-state index contributed by atoms with van der Waals surface area (Å²) in [6, 6.07) is 24.3. The average molecular weight is 303 g/mol. The molecule has 0 unspecified atom stereocenters. The molecule has 0 heterocycles. The Bertz CT molecular complexity index is 775. The Labute approximate surface area is 137 Å². The minimum absolute atomic E-state index is 0.0153. The van der Waals surface area contributed by atoms with Gasteiger partial charge in [0.2, 0.25) is 0 Å². The molecule has 0 bridgehead atoms. The first-order valence-electron chi connectivity index (χ1n) is 8.14. The maximum Gasteiger partial charge on any atom is 0.251 e. The number of unbranched alkanes of at least 4 members (excludes halogenated alkanes) is 1. The molecule has 3 aromatic rings. The number of rotatable bonds is 6. The summed E-state index contributed by atoms with van der Waals surface area (Å²) in [6.45, 7) is 0.717. The van der Waals surface area contributed by atoms with Gasteiger partial charge in [0.1, 0.15) is 0 Å². The lowest BCUT2D eigenvalue weighted by Crippen LogP contribution is -2.24. The third-order valence-electron chi connectivity index (χ3n) is 4.05. The number of amides is 1. The fourth-order valence-electron chi connectivity index (χ4n) is 2.82. The molecule has 1 amide bonds. The molecule has 3 aromatic carbocycles. The Morgan fingerprint density at radius 1 is 0.783 bits per heavy atom. The summed E-state index contributed by atoms with van der Waals surface area (Å²) in [5, 5.41) is 5.15. The van der Waals surface area contributed by atoms with Crippen LogP contribution in [0.4, 0.5) is 0 Å². The quantitative estimate of drug-likeness (QED) is 0.663. The van der Waals surface area contributed by atoms with E-state index in [1.165, 1.54) is 5.56 Å². The van der Waals surface area contributed by atoms with Gasteiger partial charge in [-0.15, -0.1) is 0 Å². The van der Waals surface area contributed by atoms with Gasteiger partial charge in [-0.05, 0) is 41.7 Å². The smallest absolute Gasteiger partial charge is 0.251 e. The Morgan fingerprint density at radius 3 is 2.39 bits per heavy atom. The molecule has 23 heavy (non-hydrogen) atoms. The zero-order chi connectivity index (χ0) is 15.9. The molecule has 0 aliphatic carbocycles. The zero-order valence-electron chi connectivity index (χ0n) is 13.2. The van der Waals surface area contributed by atoms with Crippen LogP contribution in [0.25, 0.3) is 10.8 Å². The van der Waals surface area contributed by atoms with Crippen LogP contribution in [-0.4, -0.2) is 12.5 Å². The summed E-state index contributed by atoms with van der Waals surface area (Å²) < 4.78 is 0. The highest BCUT2D eigenvalue weighted by Gasteiger charge is 2.08. The summed E-state index contributed by atoms with van der Waals surface area (Å²) in [5.74, 6) is 0.0153. The molecule has 0 atom stereocenters. The predicted octanol–water partition coefficient (Wildman–Crippen LogP) is 4.59. The van der Waals surface area contributed by atoms with E-state index in [-0.39, 0.29) is 5.91 Å². The number of nitrogens with one attached hydrogen (secondary N) is 1. The van der Waals surface area contributed by atoms with Gasteiger partial charge in [-0.3, -0.25) is 4.79 Å². The number of hydrogen-bond acceptors (Lipinski definition) is 1. The van der Waals surface area contributed by atoms with Gasteiger partial charge in [0.15, 0.2) is 0 Å². The van der Waals surface area contributed by atoms with Gasteiger partial charge in [0.25, 0.3) is 5.91 Å². The fraction of sp³-hybridized carbons (Fsp3) is 0.190. The molecule has 0 aromatic heterocycles. The Morgan fingerprint density at radius 2 is 1.52 bits per heavy atom. The first-order chi connectivity index (χ1) is 11.3. The lowest BCUT2D eigenvalue weighted by molar-refractivity contribution is 0.0954. The van der Waals surface area contributed by atoms with Gasteiger partial charge in [-0.2, -0.15) is 0 Å². The van der Waals surface area contributed by atoms with E-state index in [0.29, 0.717) is 0 Å². The molecule has 116 valence electrons. The van der Waals surface area contributed by atoms with Crippen molar-refractivity contribution in [3.8, 4) is 0 Å². The summed E-state index contributed by atoms with van der Waals surface area (Å²) >= 11 is 0. The second-order valence-corrected chi connectivity index (χ2v) is 5.73. The van der Waals surface area contributed by atoms with Crippen LogP contribution in [0.1, 0.15) is 28.8 Å². The fourth-order valence-corrected chi connectivity index (χ4v) is 2.82. The third-order valence-corrected chi connectivity index (χ3v) is 4.05. The van der Waals surface area contributed by atoms with Crippen molar-refractivity contribution >= 4 is 16.7 Å². The summed E-state index contributed by atoms with van der Waals surface area (Å²) in [6.07, 6.45) is 3.14. The molecule has 0 saturated heterocycles. The molecule has 0 saturated carbocycles. The number of hydrogen-bond donors (Lipinski definition) is 1. The van der Waals surface area contributed by atoms with E-state index in [1.54, 1.807) is 0 Å². The van der Waals surface area contributed by atoms with Crippen LogP contribution in [0.2, 0.25) is 0 Å². The monoisotopic (exact) mass is 303 g/mol. The predicted molar refractivity (Wildman–Crippen MR) is 95.7 cm³/mol. The first-order valence-corrected chi connectivity index (χ1v) is 8.14. The maximum absolute atomic E-state index is 12.4. The Balaban J connectivity index is 1.51. The number of carbonyl (C=O) groups is 1.